The van der Waals surface area contributed by atoms with Crippen LogP contribution in [0.2, 0.25) is 0 Å². The van der Waals surface area contributed by atoms with Crippen molar-refractivity contribution < 1.29 is 9.53 Å². The normalized spacial score (nSPS) is 20.8. The molecule has 70 valence electrons. The zero-order valence-corrected chi connectivity index (χ0v) is 7.64. The fraction of sp³-hybridized carbons (Fsp3) is 0.889. The molecule has 12 heavy (non-hydrogen) atoms. The van der Waals surface area contributed by atoms with Crippen LogP contribution >= 0.6 is 0 Å². The predicted molar refractivity (Wildman–Crippen MR) is 46.6 cm³/mol. The van der Waals surface area contributed by atoms with E-state index < -0.39 is 0 Å². The van der Waals surface area contributed by atoms with Crippen LogP contribution in [-0.2, 0) is 9.53 Å². The summed E-state index contributed by atoms with van der Waals surface area (Å²) in [4.78, 5) is 11.4. The smallest absolute Gasteiger partial charge is 0.311 e. The second-order valence-electron chi connectivity index (χ2n) is 3.52. The Bertz CT molecular complexity index is 162. The van der Waals surface area contributed by atoms with Gasteiger partial charge in [-0.25, -0.2) is 0 Å². The first-order chi connectivity index (χ1) is 5.75. The number of methoxy groups -OCH3 is 1. The van der Waals surface area contributed by atoms with Crippen molar-refractivity contribution >= 4 is 5.97 Å². The lowest BCUT2D eigenvalue weighted by Crippen LogP contribution is -2.31. The van der Waals surface area contributed by atoms with Crippen LogP contribution in [0.5, 0.6) is 0 Å². The molecule has 0 aromatic heterocycles. The maximum Gasteiger partial charge on any atom is 0.311 e. The minimum absolute atomic E-state index is 0.0644. The van der Waals surface area contributed by atoms with Crippen molar-refractivity contribution in [2.24, 2.45) is 11.1 Å². The van der Waals surface area contributed by atoms with Gasteiger partial charge in [0.1, 0.15) is 0 Å². The van der Waals surface area contributed by atoms with Crippen molar-refractivity contribution in [3.8, 4) is 0 Å². The third kappa shape index (κ3) is 1.61. The summed E-state index contributed by atoms with van der Waals surface area (Å²) in [7, 11) is 1.46. The van der Waals surface area contributed by atoms with Crippen LogP contribution in [0.15, 0.2) is 0 Å². The summed E-state index contributed by atoms with van der Waals surface area (Å²) < 4.78 is 4.80. The SMILES string of the molecule is COC(=O)C1(CCN)CCCC1. The van der Waals surface area contributed by atoms with Gasteiger partial charge < -0.3 is 10.5 Å². The molecule has 0 spiro atoms. The topological polar surface area (TPSA) is 52.3 Å². The molecule has 1 fully saturated rings. The first kappa shape index (κ1) is 9.52. The van der Waals surface area contributed by atoms with E-state index in [4.69, 9.17) is 10.5 Å². The van der Waals surface area contributed by atoms with Gasteiger partial charge in [-0.15, -0.1) is 0 Å². The van der Waals surface area contributed by atoms with Crippen molar-refractivity contribution in [3.63, 3.8) is 0 Å². The van der Waals surface area contributed by atoms with E-state index in [9.17, 15) is 4.79 Å². The van der Waals surface area contributed by atoms with E-state index in [0.29, 0.717) is 6.54 Å². The lowest BCUT2D eigenvalue weighted by atomic mass is 9.83. The second-order valence-corrected chi connectivity index (χ2v) is 3.52. The summed E-state index contributed by atoms with van der Waals surface area (Å²) in [6.45, 7) is 0.578. The molecule has 3 nitrogen and oxygen atoms in total. The van der Waals surface area contributed by atoms with Crippen LogP contribution in [0.25, 0.3) is 0 Å². The number of nitrogens with two attached hydrogens (primary N) is 1. The molecule has 0 heterocycles. The van der Waals surface area contributed by atoms with Crippen LogP contribution in [0, 0.1) is 5.41 Å². The minimum Gasteiger partial charge on any atom is -0.469 e. The Morgan fingerprint density at radius 1 is 1.50 bits per heavy atom. The Labute approximate surface area is 73.3 Å². The largest absolute Gasteiger partial charge is 0.469 e. The molecule has 1 aliphatic carbocycles. The number of carbonyl (C=O) groups is 1. The molecule has 1 aliphatic rings. The number of ether oxygens (including phenoxy) is 1. The quantitative estimate of drug-likeness (QED) is 0.646. The molecule has 0 unspecified atom stereocenters. The molecule has 0 aliphatic heterocycles. The van der Waals surface area contributed by atoms with Gasteiger partial charge in [0.2, 0.25) is 0 Å². The van der Waals surface area contributed by atoms with Gasteiger partial charge in [-0.3, -0.25) is 4.79 Å². The Balaban J connectivity index is 2.64. The second kappa shape index (κ2) is 3.90. The molecule has 2 N–H and O–H groups in total. The monoisotopic (exact) mass is 171 g/mol. The van der Waals surface area contributed by atoms with Crippen molar-refractivity contribution in [1.29, 1.82) is 0 Å². The zero-order chi connectivity index (χ0) is 9.03. The summed E-state index contributed by atoms with van der Waals surface area (Å²) in [6.07, 6.45) is 4.96. The van der Waals surface area contributed by atoms with E-state index in [0.717, 1.165) is 32.1 Å². The number of hydrogen-bond donors (Lipinski definition) is 1. The van der Waals surface area contributed by atoms with Gasteiger partial charge in [0.25, 0.3) is 0 Å². The van der Waals surface area contributed by atoms with Crippen LogP contribution in [0.3, 0.4) is 0 Å². The van der Waals surface area contributed by atoms with Crippen LogP contribution < -0.4 is 5.73 Å². The molecule has 0 saturated heterocycles. The van der Waals surface area contributed by atoms with E-state index in [-0.39, 0.29) is 11.4 Å². The van der Waals surface area contributed by atoms with Gasteiger partial charge in [0.05, 0.1) is 12.5 Å². The summed E-state index contributed by atoms with van der Waals surface area (Å²) in [6, 6.07) is 0. The van der Waals surface area contributed by atoms with Gasteiger partial charge in [0.15, 0.2) is 0 Å². The van der Waals surface area contributed by atoms with E-state index in [1.54, 1.807) is 0 Å². The van der Waals surface area contributed by atoms with Gasteiger partial charge in [-0.1, -0.05) is 12.8 Å². The van der Waals surface area contributed by atoms with Gasteiger partial charge in [0, 0.05) is 0 Å². The number of carbonyl (C=O) groups excluding carboxylic acids is 1. The molecule has 0 amide bonds. The highest BCUT2D eigenvalue weighted by Crippen LogP contribution is 2.41. The Morgan fingerprint density at radius 2 is 2.08 bits per heavy atom. The first-order valence-electron chi connectivity index (χ1n) is 4.54. The lowest BCUT2D eigenvalue weighted by molar-refractivity contribution is -0.152. The highest BCUT2D eigenvalue weighted by molar-refractivity contribution is 5.77. The number of rotatable bonds is 3. The molecule has 3 heteroatoms. The van der Waals surface area contributed by atoms with E-state index >= 15 is 0 Å². The maximum absolute atomic E-state index is 11.4. The highest BCUT2D eigenvalue weighted by Gasteiger charge is 2.41. The molecule has 0 aromatic rings. The molecular formula is C9H17NO2. The van der Waals surface area contributed by atoms with Crippen LogP contribution in [0.1, 0.15) is 32.1 Å². The lowest BCUT2D eigenvalue weighted by Gasteiger charge is -2.24. The van der Waals surface area contributed by atoms with Gasteiger partial charge >= 0.3 is 5.97 Å². The van der Waals surface area contributed by atoms with Crippen LogP contribution in [0.4, 0.5) is 0 Å². The molecule has 0 radical (unpaired) electrons. The predicted octanol–water partition coefficient (Wildman–Crippen LogP) is 1.07. The maximum atomic E-state index is 11.4. The Hall–Kier alpha value is -0.570. The number of hydrogen-bond acceptors (Lipinski definition) is 3. The molecule has 0 aromatic carbocycles. The third-order valence-electron chi connectivity index (χ3n) is 2.80. The average molecular weight is 171 g/mol. The first-order valence-corrected chi connectivity index (χ1v) is 4.54. The summed E-state index contributed by atoms with van der Waals surface area (Å²) in [5.41, 5.74) is 5.25. The minimum atomic E-state index is -0.233. The standard InChI is InChI=1S/C9H17NO2/c1-12-8(11)9(6-7-10)4-2-3-5-9/h2-7,10H2,1H3. The molecule has 1 rings (SSSR count). The summed E-state index contributed by atoms with van der Waals surface area (Å²) in [5, 5.41) is 0. The van der Waals surface area contributed by atoms with Crippen molar-refractivity contribution in [2.45, 2.75) is 32.1 Å². The van der Waals surface area contributed by atoms with E-state index in [2.05, 4.69) is 0 Å². The Kier molecular flexibility index (Phi) is 3.09. The van der Waals surface area contributed by atoms with Gasteiger partial charge in [-0.2, -0.15) is 0 Å². The van der Waals surface area contributed by atoms with Gasteiger partial charge in [-0.05, 0) is 25.8 Å². The van der Waals surface area contributed by atoms with Crippen molar-refractivity contribution in [3.05, 3.63) is 0 Å². The number of esters is 1. The third-order valence-corrected chi connectivity index (χ3v) is 2.80. The Morgan fingerprint density at radius 3 is 2.50 bits per heavy atom. The van der Waals surface area contributed by atoms with Crippen molar-refractivity contribution in [1.82, 2.24) is 0 Å². The van der Waals surface area contributed by atoms with E-state index in [1.165, 1.54) is 7.11 Å². The van der Waals surface area contributed by atoms with Crippen molar-refractivity contribution in [2.75, 3.05) is 13.7 Å². The molecule has 0 atom stereocenters. The highest BCUT2D eigenvalue weighted by atomic mass is 16.5. The fourth-order valence-electron chi connectivity index (χ4n) is 2.10. The molecule has 0 bridgehead atoms. The summed E-state index contributed by atoms with van der Waals surface area (Å²) >= 11 is 0. The molecular weight excluding hydrogens is 154 g/mol. The van der Waals surface area contributed by atoms with Crippen LogP contribution in [-0.4, -0.2) is 19.6 Å². The average Bonchev–Trinajstić information content (AvgIpc) is 2.53. The molecule has 1 saturated carbocycles. The fourth-order valence-corrected chi connectivity index (χ4v) is 2.10. The van der Waals surface area contributed by atoms with E-state index in [1.807, 2.05) is 0 Å². The summed E-state index contributed by atoms with van der Waals surface area (Å²) in [5.74, 6) is -0.0644. The zero-order valence-electron chi connectivity index (χ0n) is 7.64.